The molecule has 0 aromatic rings. The predicted molar refractivity (Wildman–Crippen MR) is 160 cm³/mol. The molecule has 0 fully saturated rings. The fourth-order valence-electron chi connectivity index (χ4n) is 4.28. The molecule has 1 heterocycles. The number of hydrogen-bond donors (Lipinski definition) is 4. The lowest BCUT2D eigenvalue weighted by Gasteiger charge is -2.28. The van der Waals surface area contributed by atoms with Crippen LogP contribution < -0.4 is 10.6 Å². The van der Waals surface area contributed by atoms with Crippen LogP contribution in [0.1, 0.15) is 54.4 Å². The number of alkyl carbamates (subject to hydrolysis) is 2. The molecule has 1 aliphatic rings. The summed E-state index contributed by atoms with van der Waals surface area (Å²) in [5, 5.41) is 25.0. The van der Waals surface area contributed by atoms with Crippen LogP contribution in [-0.2, 0) is 45.6 Å². The molecule has 0 radical (unpaired) electrons. The predicted octanol–water partition coefficient (Wildman–Crippen LogP) is 2.94. The van der Waals surface area contributed by atoms with Gasteiger partial charge in [0.05, 0.1) is 0 Å². The van der Waals surface area contributed by atoms with E-state index in [1.54, 1.807) is 0 Å². The molecule has 0 saturated carbocycles. The van der Waals surface area contributed by atoms with E-state index in [-0.39, 0.29) is 13.1 Å². The summed E-state index contributed by atoms with van der Waals surface area (Å²) in [5.74, 6) is -3.08. The lowest BCUT2D eigenvalue weighted by molar-refractivity contribution is -0.147. The summed E-state index contributed by atoms with van der Waals surface area (Å²) >= 11 is 0. The van der Waals surface area contributed by atoms with Crippen molar-refractivity contribution in [2.75, 3.05) is 59.3 Å². The quantitative estimate of drug-likeness (QED) is 0.0506. The molecule has 4 N–H and O–H groups in total. The third-order valence-electron chi connectivity index (χ3n) is 5.96. The molecule has 0 aromatic carbocycles. The minimum atomic E-state index is -2.91. The molecule has 0 spiro atoms. The van der Waals surface area contributed by atoms with Gasteiger partial charge in [0.2, 0.25) is 11.9 Å². The van der Waals surface area contributed by atoms with Crippen LogP contribution in [0.2, 0.25) is 12.1 Å². The second kappa shape index (κ2) is 21.3. The number of rotatable bonds is 24. The van der Waals surface area contributed by atoms with Gasteiger partial charge in [-0.25, -0.2) is 14.4 Å². The summed E-state index contributed by atoms with van der Waals surface area (Å²) < 4.78 is 50.2. The number of hydrogen-bond acceptors (Lipinski definition) is 14. The van der Waals surface area contributed by atoms with E-state index in [9.17, 15) is 24.6 Å². The number of aliphatic hydroxyl groups is 2. The minimum Gasteiger partial charge on any atom is -0.505 e. The number of carbonyl (C=O) groups excluding carboxylic acids is 3. The molecular formula is C26H50N2O14Si2. The Hall–Kier alpha value is -2.46. The number of cyclic esters (lactones) is 1. The first kappa shape index (κ1) is 39.6. The topological polar surface area (TPSA) is 199 Å². The maximum Gasteiger partial charge on any atom is 0.500 e. The van der Waals surface area contributed by atoms with Crippen LogP contribution in [0.15, 0.2) is 11.5 Å². The van der Waals surface area contributed by atoms with E-state index in [0.717, 1.165) is 0 Å². The van der Waals surface area contributed by atoms with Crippen molar-refractivity contribution in [2.45, 2.75) is 78.7 Å². The zero-order chi connectivity index (χ0) is 33.0. The molecule has 1 rings (SSSR count). The molecular weight excluding hydrogens is 620 g/mol. The molecule has 0 saturated heterocycles. The van der Waals surface area contributed by atoms with Gasteiger partial charge in [0.1, 0.15) is 6.61 Å². The zero-order valence-electron chi connectivity index (χ0n) is 26.6. The van der Waals surface area contributed by atoms with Crippen molar-refractivity contribution in [2.24, 2.45) is 0 Å². The number of nitrogens with one attached hydrogen (secondary N) is 2. The molecule has 1 aliphatic heterocycles. The molecule has 18 heteroatoms. The van der Waals surface area contributed by atoms with Gasteiger partial charge in [-0.2, -0.15) is 0 Å². The van der Waals surface area contributed by atoms with E-state index in [1.807, 2.05) is 41.5 Å². The van der Waals surface area contributed by atoms with E-state index in [4.69, 9.17) is 40.8 Å². The highest BCUT2D eigenvalue weighted by molar-refractivity contribution is 6.61. The molecule has 0 aliphatic carbocycles. The average Bonchev–Trinajstić information content (AvgIpc) is 3.23. The molecule has 0 aromatic heterocycles. The lowest BCUT2D eigenvalue weighted by Crippen LogP contribution is -2.46. The average molecular weight is 671 g/mol. The van der Waals surface area contributed by atoms with E-state index in [0.29, 0.717) is 64.6 Å². The summed E-state index contributed by atoms with van der Waals surface area (Å²) in [6, 6.07) is 0.907. The highest BCUT2D eigenvalue weighted by Crippen LogP contribution is 2.24. The van der Waals surface area contributed by atoms with Gasteiger partial charge in [0.25, 0.3) is 0 Å². The Bertz CT molecular complexity index is 876. The van der Waals surface area contributed by atoms with Gasteiger partial charge in [0.15, 0.2) is 11.9 Å². The lowest BCUT2D eigenvalue weighted by atomic mass is 10.2. The summed E-state index contributed by atoms with van der Waals surface area (Å²) in [6.45, 7) is 13.4. The third kappa shape index (κ3) is 13.3. The Morgan fingerprint density at radius 3 is 1.52 bits per heavy atom. The molecule has 2 amide bonds. The second-order valence-corrected chi connectivity index (χ2v) is 14.6. The van der Waals surface area contributed by atoms with Crippen LogP contribution in [0.5, 0.6) is 0 Å². The molecule has 2 unspecified atom stereocenters. The smallest absolute Gasteiger partial charge is 0.500 e. The van der Waals surface area contributed by atoms with Crippen LogP contribution in [0.3, 0.4) is 0 Å². The van der Waals surface area contributed by atoms with E-state index in [1.165, 1.54) is 0 Å². The minimum absolute atomic E-state index is 0.155. The van der Waals surface area contributed by atoms with Gasteiger partial charge in [-0.1, -0.05) is 0 Å². The largest absolute Gasteiger partial charge is 0.505 e. The van der Waals surface area contributed by atoms with Crippen molar-refractivity contribution >= 4 is 35.8 Å². The second-order valence-electron chi connectivity index (χ2n) is 9.13. The van der Waals surface area contributed by atoms with Crippen molar-refractivity contribution in [3.05, 3.63) is 11.5 Å². The van der Waals surface area contributed by atoms with Crippen LogP contribution in [0.4, 0.5) is 9.59 Å². The van der Waals surface area contributed by atoms with Crippen LogP contribution >= 0.6 is 0 Å². The Morgan fingerprint density at radius 1 is 0.750 bits per heavy atom. The Morgan fingerprint density at radius 2 is 1.16 bits per heavy atom. The first-order chi connectivity index (χ1) is 21.1. The summed E-state index contributed by atoms with van der Waals surface area (Å²) in [7, 11) is -5.79. The number of carbonyl (C=O) groups is 3. The molecule has 2 atom stereocenters. The number of aliphatic hydroxyl groups excluding tert-OH is 2. The van der Waals surface area contributed by atoms with Gasteiger partial charge in [-0.05, 0) is 54.4 Å². The van der Waals surface area contributed by atoms with Crippen molar-refractivity contribution in [1.82, 2.24) is 10.6 Å². The van der Waals surface area contributed by atoms with Crippen molar-refractivity contribution in [3.63, 3.8) is 0 Å². The Kier molecular flexibility index (Phi) is 19.2. The highest BCUT2D eigenvalue weighted by Gasteiger charge is 2.43. The Labute approximate surface area is 261 Å². The Balaban J connectivity index is 2.71. The number of amides is 2. The van der Waals surface area contributed by atoms with Crippen LogP contribution in [-0.4, -0.2) is 118 Å². The summed E-state index contributed by atoms with van der Waals surface area (Å²) in [4.78, 5) is 36.7. The van der Waals surface area contributed by atoms with E-state index < -0.39 is 66.1 Å². The summed E-state index contributed by atoms with van der Waals surface area (Å²) in [6.07, 6.45) is -3.92. The van der Waals surface area contributed by atoms with Crippen LogP contribution in [0.25, 0.3) is 0 Å². The highest BCUT2D eigenvalue weighted by atomic mass is 28.4. The SMILES string of the molecule is CCO[Si](CCCNC(=O)OCC(OC(=O)NCCC[Si](OCC)(OCC)OCC)C1OC(=O)C(O)=C1O)(OCC)OCC. The monoisotopic (exact) mass is 670 g/mol. The first-order valence-electron chi connectivity index (χ1n) is 15.1. The zero-order valence-corrected chi connectivity index (χ0v) is 28.6. The fraction of sp³-hybridized carbons (Fsp3) is 0.808. The maximum absolute atomic E-state index is 12.6. The molecule has 44 heavy (non-hydrogen) atoms. The standard InChI is InChI=1S/C26H50N2O14Si2/c1-7-35-43(36-8-2,37-9-3)17-13-15-27-25(32)34-19-20(23-21(29)22(30)24(31)42-23)41-26(33)28-16-14-18-44(38-10-4,39-11-5)40-12-6/h20,23,29-30H,7-19H2,1-6H3,(H,27,32)(H,28,33). The van der Waals surface area contributed by atoms with Gasteiger partial charge in [-0.15, -0.1) is 0 Å². The van der Waals surface area contributed by atoms with Crippen molar-refractivity contribution < 1.29 is 65.4 Å². The van der Waals surface area contributed by atoms with E-state index >= 15 is 0 Å². The summed E-state index contributed by atoms with van der Waals surface area (Å²) in [5.41, 5.74) is 0. The van der Waals surface area contributed by atoms with Crippen molar-refractivity contribution in [3.8, 4) is 0 Å². The first-order valence-corrected chi connectivity index (χ1v) is 18.9. The molecule has 16 nitrogen and oxygen atoms in total. The number of ether oxygens (including phenoxy) is 3. The third-order valence-corrected chi connectivity index (χ3v) is 12.3. The van der Waals surface area contributed by atoms with Gasteiger partial charge >= 0.3 is 35.8 Å². The van der Waals surface area contributed by atoms with Gasteiger partial charge in [-0.3, -0.25) is 0 Å². The molecule has 256 valence electrons. The normalized spacial score (nSPS) is 16.0. The van der Waals surface area contributed by atoms with Crippen LogP contribution in [0, 0.1) is 0 Å². The fourth-order valence-corrected chi connectivity index (χ4v) is 9.51. The van der Waals surface area contributed by atoms with Crippen molar-refractivity contribution in [1.29, 1.82) is 0 Å². The molecule has 0 bridgehead atoms. The maximum atomic E-state index is 12.6. The van der Waals surface area contributed by atoms with Gasteiger partial charge < -0.3 is 61.6 Å². The van der Waals surface area contributed by atoms with E-state index in [2.05, 4.69) is 10.6 Å². The van der Waals surface area contributed by atoms with Gasteiger partial charge in [0, 0.05) is 64.8 Å². The number of esters is 1.